The number of aryl methyl sites for hydroxylation is 1. The lowest BCUT2D eigenvalue weighted by Gasteiger charge is -2.21. The molecule has 3 heterocycles. The fourth-order valence-electron chi connectivity index (χ4n) is 3.15. The Labute approximate surface area is 188 Å². The van der Waals surface area contributed by atoms with E-state index in [0.29, 0.717) is 33.2 Å². The molecule has 32 heavy (non-hydrogen) atoms. The number of hydrogen-bond acceptors (Lipinski definition) is 6. The van der Waals surface area contributed by atoms with E-state index in [0.717, 1.165) is 5.39 Å². The molecular weight excluding hydrogens is 430 g/mol. The molecular formula is C21H20ClN9O. The van der Waals surface area contributed by atoms with Gasteiger partial charge in [-0.15, -0.1) is 0 Å². The first kappa shape index (κ1) is 21.3. The summed E-state index contributed by atoms with van der Waals surface area (Å²) < 4.78 is 1.63. The second-order valence-corrected chi connectivity index (χ2v) is 8.63. The molecule has 0 atom stereocenters. The Balaban J connectivity index is 1.89. The van der Waals surface area contributed by atoms with Crippen LogP contribution in [0.4, 0.5) is 10.6 Å². The van der Waals surface area contributed by atoms with Gasteiger partial charge in [0, 0.05) is 29.7 Å². The van der Waals surface area contributed by atoms with Crippen molar-refractivity contribution in [3.8, 4) is 28.7 Å². The molecule has 0 aliphatic heterocycles. The molecule has 0 aliphatic rings. The van der Waals surface area contributed by atoms with Crippen molar-refractivity contribution < 1.29 is 4.79 Å². The molecule has 10 nitrogen and oxygen atoms in total. The summed E-state index contributed by atoms with van der Waals surface area (Å²) in [5.41, 5.74) is 2.17. The third kappa shape index (κ3) is 4.24. The van der Waals surface area contributed by atoms with Crippen molar-refractivity contribution in [2.24, 2.45) is 7.05 Å². The number of urea groups is 1. The normalized spacial score (nSPS) is 11.4. The van der Waals surface area contributed by atoms with Gasteiger partial charge < -0.3 is 5.32 Å². The highest BCUT2D eigenvalue weighted by atomic mass is 35.5. The topological polar surface area (TPSA) is 137 Å². The van der Waals surface area contributed by atoms with Crippen LogP contribution in [0.5, 0.6) is 0 Å². The van der Waals surface area contributed by atoms with Crippen molar-refractivity contribution in [3.05, 3.63) is 41.3 Å². The molecule has 3 N–H and O–H groups in total. The van der Waals surface area contributed by atoms with Gasteiger partial charge >= 0.3 is 6.03 Å². The molecule has 3 aromatic heterocycles. The number of amides is 2. The van der Waals surface area contributed by atoms with Crippen molar-refractivity contribution in [1.29, 1.82) is 5.26 Å². The zero-order valence-corrected chi connectivity index (χ0v) is 18.6. The van der Waals surface area contributed by atoms with Crippen LogP contribution in [0, 0.1) is 11.3 Å². The zero-order valence-electron chi connectivity index (χ0n) is 17.9. The fraction of sp³-hybridized carbons (Fsp3) is 0.238. The summed E-state index contributed by atoms with van der Waals surface area (Å²) in [4.78, 5) is 21.5. The molecule has 0 aliphatic carbocycles. The van der Waals surface area contributed by atoms with Crippen LogP contribution in [0.3, 0.4) is 0 Å². The number of nitrogens with one attached hydrogen (secondary N) is 3. The summed E-state index contributed by atoms with van der Waals surface area (Å²) in [5, 5.41) is 27.7. The molecule has 2 amide bonds. The number of rotatable bonds is 3. The Morgan fingerprint density at radius 2 is 2.03 bits per heavy atom. The van der Waals surface area contributed by atoms with E-state index in [1.165, 1.54) is 0 Å². The van der Waals surface area contributed by atoms with Crippen LogP contribution < -0.4 is 10.6 Å². The molecule has 0 unspecified atom stereocenters. The van der Waals surface area contributed by atoms with Gasteiger partial charge in [-0.2, -0.15) is 15.5 Å². The predicted octanol–water partition coefficient (Wildman–Crippen LogP) is 3.87. The lowest BCUT2D eigenvalue weighted by atomic mass is 10.1. The van der Waals surface area contributed by atoms with Gasteiger partial charge in [-0.05, 0) is 39.0 Å². The van der Waals surface area contributed by atoms with Crippen molar-refractivity contribution >= 4 is 34.4 Å². The van der Waals surface area contributed by atoms with Crippen LogP contribution in [-0.4, -0.2) is 41.5 Å². The molecule has 0 fully saturated rings. The first-order chi connectivity index (χ1) is 15.1. The minimum Gasteiger partial charge on any atom is -0.333 e. The highest BCUT2D eigenvalue weighted by Gasteiger charge is 2.22. The summed E-state index contributed by atoms with van der Waals surface area (Å²) in [5.74, 6) is 0.0362. The average Bonchev–Trinajstić information content (AvgIpc) is 3.35. The standard InChI is InChI=1S/C21H20ClN9O/c1-21(2,3)28-20(32)27-19-15(9-23)25-17(18(26-19)14-5-6-31(4)30-14)11-7-12-10-24-29-16(12)13(22)8-11/h5-8,10H,1-4H3,(H,24,29)(H2,26,27,28,32). The summed E-state index contributed by atoms with van der Waals surface area (Å²) in [6.07, 6.45) is 3.42. The number of aromatic amines is 1. The Morgan fingerprint density at radius 1 is 1.25 bits per heavy atom. The van der Waals surface area contributed by atoms with Gasteiger partial charge in [-0.3, -0.25) is 15.1 Å². The molecule has 0 saturated heterocycles. The molecule has 162 valence electrons. The maximum absolute atomic E-state index is 12.4. The maximum atomic E-state index is 12.4. The molecule has 0 bridgehead atoms. The lowest BCUT2D eigenvalue weighted by Crippen LogP contribution is -2.43. The Morgan fingerprint density at radius 3 is 2.69 bits per heavy atom. The summed E-state index contributed by atoms with van der Waals surface area (Å²) >= 11 is 6.42. The maximum Gasteiger partial charge on any atom is 0.320 e. The quantitative estimate of drug-likeness (QED) is 0.434. The number of carbonyl (C=O) groups is 1. The number of fused-ring (bicyclic) bond motifs is 1. The number of anilines is 1. The number of H-pyrrole nitrogens is 1. The highest BCUT2D eigenvalue weighted by Crippen LogP contribution is 2.34. The first-order valence-electron chi connectivity index (χ1n) is 9.69. The zero-order chi connectivity index (χ0) is 23.0. The summed E-state index contributed by atoms with van der Waals surface area (Å²) in [6.45, 7) is 5.55. The highest BCUT2D eigenvalue weighted by molar-refractivity contribution is 6.35. The predicted molar refractivity (Wildman–Crippen MR) is 121 cm³/mol. The van der Waals surface area contributed by atoms with Gasteiger partial charge in [0.25, 0.3) is 0 Å². The van der Waals surface area contributed by atoms with Gasteiger partial charge in [0.2, 0.25) is 0 Å². The minimum atomic E-state index is -0.495. The molecule has 0 saturated carbocycles. The number of aromatic nitrogens is 6. The third-order valence-electron chi connectivity index (χ3n) is 4.45. The fourth-order valence-corrected chi connectivity index (χ4v) is 3.42. The third-order valence-corrected chi connectivity index (χ3v) is 4.75. The van der Waals surface area contributed by atoms with Crippen LogP contribution in [0.25, 0.3) is 33.5 Å². The largest absolute Gasteiger partial charge is 0.333 e. The Kier molecular flexibility index (Phi) is 5.28. The molecule has 1 aromatic carbocycles. The second kappa shape index (κ2) is 7.94. The van der Waals surface area contributed by atoms with Crippen molar-refractivity contribution in [2.75, 3.05) is 5.32 Å². The summed E-state index contributed by atoms with van der Waals surface area (Å²) in [6, 6.07) is 6.86. The molecule has 4 aromatic rings. The lowest BCUT2D eigenvalue weighted by molar-refractivity contribution is 0.243. The van der Waals surface area contributed by atoms with Crippen molar-refractivity contribution in [2.45, 2.75) is 26.3 Å². The van der Waals surface area contributed by atoms with E-state index in [-0.39, 0.29) is 11.5 Å². The van der Waals surface area contributed by atoms with E-state index in [9.17, 15) is 10.1 Å². The molecule has 11 heteroatoms. The van der Waals surface area contributed by atoms with Gasteiger partial charge in [-0.25, -0.2) is 14.8 Å². The first-order valence-corrected chi connectivity index (χ1v) is 10.1. The van der Waals surface area contributed by atoms with E-state index in [4.69, 9.17) is 11.6 Å². The molecule has 4 rings (SSSR count). The molecule has 0 radical (unpaired) electrons. The van der Waals surface area contributed by atoms with E-state index in [1.54, 1.807) is 36.3 Å². The van der Waals surface area contributed by atoms with Gasteiger partial charge in [0.05, 0.1) is 16.7 Å². The summed E-state index contributed by atoms with van der Waals surface area (Å²) in [7, 11) is 1.78. The van der Waals surface area contributed by atoms with Crippen molar-refractivity contribution in [1.82, 2.24) is 35.3 Å². The average molecular weight is 450 g/mol. The van der Waals surface area contributed by atoms with Crippen LogP contribution in [0.15, 0.2) is 30.6 Å². The van der Waals surface area contributed by atoms with Crippen LogP contribution in [-0.2, 0) is 7.05 Å². The van der Waals surface area contributed by atoms with E-state index >= 15 is 0 Å². The van der Waals surface area contributed by atoms with E-state index < -0.39 is 11.6 Å². The van der Waals surface area contributed by atoms with Gasteiger partial charge in [-0.1, -0.05) is 11.6 Å². The number of benzene rings is 1. The smallest absolute Gasteiger partial charge is 0.320 e. The number of nitrogens with zero attached hydrogens (tertiary/aromatic N) is 6. The monoisotopic (exact) mass is 449 g/mol. The Bertz CT molecular complexity index is 1370. The molecule has 0 spiro atoms. The van der Waals surface area contributed by atoms with E-state index in [1.807, 2.05) is 32.9 Å². The SMILES string of the molecule is Cn1ccc(-c2nc(NC(=O)NC(C)(C)C)c(C#N)nc2-c2cc(Cl)c3[nH]ncc3c2)n1. The minimum absolute atomic E-state index is 0.0350. The van der Waals surface area contributed by atoms with Crippen LogP contribution >= 0.6 is 11.6 Å². The van der Waals surface area contributed by atoms with Gasteiger partial charge in [0.15, 0.2) is 11.5 Å². The van der Waals surface area contributed by atoms with Crippen molar-refractivity contribution in [3.63, 3.8) is 0 Å². The van der Waals surface area contributed by atoms with E-state index in [2.05, 4.69) is 35.9 Å². The second-order valence-electron chi connectivity index (χ2n) is 8.23. The number of carbonyl (C=O) groups excluding carboxylic acids is 1. The number of hydrogen-bond donors (Lipinski definition) is 3. The Hall–Kier alpha value is -3.97. The van der Waals surface area contributed by atoms with Gasteiger partial charge in [0.1, 0.15) is 23.2 Å². The number of nitriles is 1. The van der Waals surface area contributed by atoms with Crippen LogP contribution in [0.2, 0.25) is 5.02 Å². The van der Waals surface area contributed by atoms with Crippen LogP contribution in [0.1, 0.15) is 26.5 Å². The number of halogens is 1.